The maximum atomic E-state index is 3.70. The van der Waals surface area contributed by atoms with E-state index in [1.165, 1.54) is 31.6 Å². The third-order valence-corrected chi connectivity index (χ3v) is 6.89. The smallest absolute Gasteiger partial charge is 0.0853 e. The van der Waals surface area contributed by atoms with Gasteiger partial charge in [0.1, 0.15) is 0 Å². The number of rotatable bonds is 0. The van der Waals surface area contributed by atoms with Crippen molar-refractivity contribution in [1.29, 1.82) is 0 Å². The zero-order chi connectivity index (χ0) is 13.0. The summed E-state index contributed by atoms with van der Waals surface area (Å²) in [5.41, 5.74) is 0. The SMILES string of the molecule is Brc1sc2ccc3c4ccccc4ccc3c2c1Br. The summed E-state index contributed by atoms with van der Waals surface area (Å²) >= 11 is 9.08. The third kappa shape index (κ3) is 1.69. The predicted octanol–water partition coefficient (Wildman–Crippen LogP) is 6.73. The minimum absolute atomic E-state index is 1.16. The molecule has 0 aliphatic heterocycles. The van der Waals surface area contributed by atoms with Crippen LogP contribution in [0, 0.1) is 0 Å². The molecule has 3 heteroatoms. The summed E-state index contributed by atoms with van der Waals surface area (Å²) < 4.78 is 3.62. The number of benzene rings is 3. The van der Waals surface area contributed by atoms with Crippen molar-refractivity contribution in [2.45, 2.75) is 0 Å². The van der Waals surface area contributed by atoms with E-state index >= 15 is 0 Å². The summed E-state index contributed by atoms with van der Waals surface area (Å²) in [5, 5.41) is 6.54. The molecule has 1 aromatic heterocycles. The van der Waals surface area contributed by atoms with Gasteiger partial charge in [-0.3, -0.25) is 0 Å². The molecule has 0 unspecified atom stereocenters. The van der Waals surface area contributed by atoms with Crippen LogP contribution >= 0.6 is 43.2 Å². The molecule has 19 heavy (non-hydrogen) atoms. The molecule has 0 atom stereocenters. The maximum Gasteiger partial charge on any atom is 0.0853 e. The normalized spacial score (nSPS) is 11.7. The highest BCUT2D eigenvalue weighted by Gasteiger charge is 2.12. The predicted molar refractivity (Wildman–Crippen MR) is 92.2 cm³/mol. The van der Waals surface area contributed by atoms with Crippen molar-refractivity contribution in [3.8, 4) is 0 Å². The molecule has 0 radical (unpaired) electrons. The van der Waals surface area contributed by atoms with Crippen LogP contribution in [0.3, 0.4) is 0 Å². The van der Waals surface area contributed by atoms with Crippen LogP contribution in [-0.4, -0.2) is 0 Å². The Morgan fingerprint density at radius 2 is 1.53 bits per heavy atom. The summed E-state index contributed by atoms with van der Waals surface area (Å²) in [5.74, 6) is 0. The minimum atomic E-state index is 1.16. The Labute approximate surface area is 131 Å². The lowest BCUT2D eigenvalue weighted by atomic mass is 10.00. The molecule has 0 spiro atoms. The quantitative estimate of drug-likeness (QED) is 0.291. The topological polar surface area (TPSA) is 0 Å². The summed E-state index contributed by atoms with van der Waals surface area (Å²) in [6.07, 6.45) is 0. The van der Waals surface area contributed by atoms with Crippen LogP contribution in [-0.2, 0) is 0 Å². The molecule has 0 bridgehead atoms. The van der Waals surface area contributed by atoms with Gasteiger partial charge < -0.3 is 0 Å². The van der Waals surface area contributed by atoms with Crippen molar-refractivity contribution in [2.24, 2.45) is 0 Å². The lowest BCUT2D eigenvalue weighted by Gasteiger charge is -2.05. The Hall–Kier alpha value is -0.900. The molecular formula is C16H8Br2S. The number of fused-ring (bicyclic) bond motifs is 5. The van der Waals surface area contributed by atoms with Crippen molar-refractivity contribution in [3.05, 3.63) is 56.8 Å². The first-order valence-corrected chi connectivity index (χ1v) is 8.34. The molecule has 0 saturated carbocycles. The van der Waals surface area contributed by atoms with Gasteiger partial charge in [0.25, 0.3) is 0 Å². The summed E-state index contributed by atoms with van der Waals surface area (Å²) in [6.45, 7) is 0. The first kappa shape index (κ1) is 11.9. The molecule has 4 aromatic rings. The van der Waals surface area contributed by atoms with E-state index in [9.17, 15) is 0 Å². The fourth-order valence-electron chi connectivity index (χ4n) is 2.62. The fourth-order valence-corrected chi connectivity index (χ4v) is 4.98. The molecule has 0 N–H and O–H groups in total. The van der Waals surface area contributed by atoms with E-state index in [0.29, 0.717) is 0 Å². The molecule has 1 heterocycles. The van der Waals surface area contributed by atoms with Crippen LogP contribution in [0.5, 0.6) is 0 Å². The van der Waals surface area contributed by atoms with Crippen molar-refractivity contribution < 1.29 is 0 Å². The number of halogens is 2. The molecule has 0 aliphatic rings. The van der Waals surface area contributed by atoms with Crippen LogP contribution in [0.15, 0.2) is 56.8 Å². The van der Waals surface area contributed by atoms with Crippen molar-refractivity contribution in [1.82, 2.24) is 0 Å². The summed E-state index contributed by atoms with van der Waals surface area (Å²) in [6, 6.07) is 17.4. The molecular weight excluding hydrogens is 384 g/mol. The van der Waals surface area contributed by atoms with Gasteiger partial charge in [0.15, 0.2) is 0 Å². The third-order valence-electron chi connectivity index (χ3n) is 3.48. The van der Waals surface area contributed by atoms with Crippen LogP contribution in [0.25, 0.3) is 31.6 Å². The van der Waals surface area contributed by atoms with E-state index in [4.69, 9.17) is 0 Å². The van der Waals surface area contributed by atoms with Crippen molar-refractivity contribution >= 4 is 74.8 Å². The van der Waals surface area contributed by atoms with Crippen LogP contribution in [0.4, 0.5) is 0 Å². The van der Waals surface area contributed by atoms with Gasteiger partial charge in [-0.2, -0.15) is 0 Å². The summed E-state index contributed by atoms with van der Waals surface area (Å²) in [7, 11) is 0. The minimum Gasteiger partial charge on any atom is -0.127 e. The Morgan fingerprint density at radius 1 is 0.737 bits per heavy atom. The van der Waals surface area contributed by atoms with E-state index in [0.717, 1.165) is 8.26 Å². The highest BCUT2D eigenvalue weighted by molar-refractivity contribution is 9.13. The second-order valence-electron chi connectivity index (χ2n) is 4.51. The number of hydrogen-bond donors (Lipinski definition) is 0. The second-order valence-corrected chi connectivity index (χ2v) is 7.67. The molecule has 0 saturated heterocycles. The molecule has 0 nitrogen and oxygen atoms in total. The zero-order valence-electron chi connectivity index (χ0n) is 9.78. The van der Waals surface area contributed by atoms with E-state index in [-0.39, 0.29) is 0 Å². The molecule has 92 valence electrons. The second kappa shape index (κ2) is 4.30. The molecule has 4 rings (SSSR count). The van der Waals surface area contributed by atoms with Gasteiger partial charge in [-0.15, -0.1) is 11.3 Å². The van der Waals surface area contributed by atoms with Gasteiger partial charge in [-0.25, -0.2) is 0 Å². The Balaban J connectivity index is 2.32. The summed E-state index contributed by atoms with van der Waals surface area (Å²) in [4.78, 5) is 0. The van der Waals surface area contributed by atoms with Gasteiger partial charge in [0, 0.05) is 10.1 Å². The average Bonchev–Trinajstić information content (AvgIpc) is 2.74. The number of hydrogen-bond acceptors (Lipinski definition) is 1. The average molecular weight is 392 g/mol. The highest BCUT2D eigenvalue weighted by Crippen LogP contribution is 2.43. The van der Waals surface area contributed by atoms with Crippen LogP contribution in [0.1, 0.15) is 0 Å². The van der Waals surface area contributed by atoms with E-state index in [1.54, 1.807) is 11.3 Å². The van der Waals surface area contributed by atoms with Gasteiger partial charge in [-0.1, -0.05) is 42.5 Å². The van der Waals surface area contributed by atoms with Crippen molar-refractivity contribution in [3.63, 3.8) is 0 Å². The Morgan fingerprint density at radius 3 is 2.42 bits per heavy atom. The monoisotopic (exact) mass is 390 g/mol. The molecule has 3 aromatic carbocycles. The fraction of sp³-hybridized carbons (Fsp3) is 0. The lowest BCUT2D eigenvalue weighted by molar-refractivity contribution is 1.80. The molecule has 0 fully saturated rings. The largest absolute Gasteiger partial charge is 0.127 e. The van der Waals surface area contributed by atoms with Crippen LogP contribution in [0.2, 0.25) is 0 Å². The van der Waals surface area contributed by atoms with Gasteiger partial charge in [0.05, 0.1) is 8.26 Å². The Kier molecular flexibility index (Phi) is 2.69. The standard InChI is InChI=1S/C16H8Br2S/c17-15-14-12-6-5-9-3-1-2-4-10(9)11(12)7-8-13(14)19-16(15)18/h1-8H. The first-order chi connectivity index (χ1) is 9.25. The van der Waals surface area contributed by atoms with Gasteiger partial charge >= 0.3 is 0 Å². The van der Waals surface area contributed by atoms with Gasteiger partial charge in [-0.05, 0) is 59.5 Å². The highest BCUT2D eigenvalue weighted by atomic mass is 79.9. The van der Waals surface area contributed by atoms with E-state index < -0.39 is 0 Å². The zero-order valence-corrected chi connectivity index (χ0v) is 13.8. The van der Waals surface area contributed by atoms with Crippen LogP contribution < -0.4 is 0 Å². The van der Waals surface area contributed by atoms with E-state index in [1.807, 2.05) is 0 Å². The maximum absolute atomic E-state index is 3.70. The van der Waals surface area contributed by atoms with E-state index in [2.05, 4.69) is 80.4 Å². The number of thiophene rings is 1. The van der Waals surface area contributed by atoms with Gasteiger partial charge in [0.2, 0.25) is 0 Å². The molecule has 0 aliphatic carbocycles. The lowest BCUT2D eigenvalue weighted by Crippen LogP contribution is -1.78. The molecule has 0 amide bonds. The Bertz CT molecular complexity index is 938. The first-order valence-electron chi connectivity index (χ1n) is 5.93. The van der Waals surface area contributed by atoms with Crippen molar-refractivity contribution in [2.75, 3.05) is 0 Å².